The number of halogens is 1. The van der Waals surface area contributed by atoms with Crippen LogP contribution in [0.4, 0.5) is 0 Å². The number of benzene rings is 2. The minimum absolute atomic E-state index is 0.00293. The van der Waals surface area contributed by atoms with Crippen molar-refractivity contribution in [3.05, 3.63) is 64.8 Å². The summed E-state index contributed by atoms with van der Waals surface area (Å²) in [7, 11) is 0. The van der Waals surface area contributed by atoms with Crippen LogP contribution in [0, 0.1) is 5.92 Å². The van der Waals surface area contributed by atoms with Crippen molar-refractivity contribution in [1.82, 2.24) is 20.4 Å². The number of aromatic amines is 1. The van der Waals surface area contributed by atoms with Gasteiger partial charge in [-0.15, -0.1) is 0 Å². The number of carbonyl (C=O) groups is 2. The zero-order valence-corrected chi connectivity index (χ0v) is 16.2. The molecule has 2 heterocycles. The van der Waals surface area contributed by atoms with Crippen LogP contribution in [-0.2, 0) is 0 Å². The third kappa shape index (κ3) is 3.60. The van der Waals surface area contributed by atoms with Crippen LogP contribution < -0.4 is 5.32 Å². The van der Waals surface area contributed by atoms with Crippen molar-refractivity contribution >= 4 is 34.3 Å². The first kappa shape index (κ1) is 18.5. The average Bonchev–Trinajstić information content (AvgIpc) is 3.31. The number of amides is 2. The van der Waals surface area contributed by atoms with E-state index in [1.807, 2.05) is 30.0 Å². The number of likely N-dealkylation sites (tertiary alicyclic amines) is 1. The lowest BCUT2D eigenvalue weighted by Crippen LogP contribution is -2.35. The van der Waals surface area contributed by atoms with Crippen LogP contribution in [-0.4, -0.2) is 46.0 Å². The maximum atomic E-state index is 13.1. The molecule has 0 aliphatic carbocycles. The fraction of sp³-hybridized carbons (Fsp3) is 0.286. The Labute approximate surface area is 167 Å². The highest BCUT2D eigenvalue weighted by Crippen LogP contribution is 2.27. The summed E-state index contributed by atoms with van der Waals surface area (Å²) in [5.74, 6) is 0.0666. The van der Waals surface area contributed by atoms with Crippen molar-refractivity contribution in [2.24, 2.45) is 5.92 Å². The molecule has 2 atom stereocenters. The number of fused-ring (bicyclic) bond motifs is 1. The fourth-order valence-electron chi connectivity index (χ4n) is 3.85. The first-order valence-electron chi connectivity index (χ1n) is 9.30. The topological polar surface area (TPSA) is 78.1 Å². The quantitative estimate of drug-likeness (QED) is 0.708. The lowest BCUT2D eigenvalue weighted by Gasteiger charge is -2.22. The number of hydrogen-bond acceptors (Lipinski definition) is 3. The Hall–Kier alpha value is -2.86. The molecule has 1 aromatic heterocycles. The maximum Gasteiger partial charge on any atom is 0.254 e. The van der Waals surface area contributed by atoms with E-state index in [4.69, 9.17) is 11.6 Å². The Balaban J connectivity index is 1.41. The number of H-pyrrole nitrogens is 1. The molecule has 0 saturated carbocycles. The zero-order chi connectivity index (χ0) is 19.7. The summed E-state index contributed by atoms with van der Waals surface area (Å²) in [6, 6.07) is 12.6. The molecule has 6 nitrogen and oxygen atoms in total. The lowest BCUT2D eigenvalue weighted by atomic mass is 10.1. The van der Waals surface area contributed by atoms with E-state index in [0.717, 1.165) is 17.3 Å². The second-order valence-corrected chi connectivity index (χ2v) is 7.70. The highest BCUT2D eigenvalue weighted by molar-refractivity contribution is 6.30. The second-order valence-electron chi connectivity index (χ2n) is 7.27. The smallest absolute Gasteiger partial charge is 0.254 e. The summed E-state index contributed by atoms with van der Waals surface area (Å²) in [5.41, 5.74) is 2.04. The van der Waals surface area contributed by atoms with Crippen molar-refractivity contribution in [1.29, 1.82) is 0 Å². The number of carbonyl (C=O) groups excluding carboxylic acids is 2. The fourth-order valence-corrected chi connectivity index (χ4v) is 4.04. The third-order valence-corrected chi connectivity index (χ3v) is 5.51. The van der Waals surface area contributed by atoms with Crippen LogP contribution in [0.25, 0.3) is 10.9 Å². The molecule has 0 radical (unpaired) electrons. The van der Waals surface area contributed by atoms with E-state index in [2.05, 4.69) is 15.5 Å². The van der Waals surface area contributed by atoms with E-state index < -0.39 is 0 Å². The van der Waals surface area contributed by atoms with Gasteiger partial charge in [0.1, 0.15) is 0 Å². The van der Waals surface area contributed by atoms with Gasteiger partial charge in [-0.2, -0.15) is 5.10 Å². The van der Waals surface area contributed by atoms with Gasteiger partial charge >= 0.3 is 0 Å². The Kier molecular flexibility index (Phi) is 5.05. The molecule has 2 aromatic carbocycles. The molecule has 28 heavy (non-hydrogen) atoms. The summed E-state index contributed by atoms with van der Waals surface area (Å²) in [6.07, 6.45) is 2.54. The zero-order valence-electron chi connectivity index (χ0n) is 15.5. The molecule has 2 amide bonds. The Bertz CT molecular complexity index is 1030. The molecule has 2 unspecified atom stereocenters. The molecule has 144 valence electrons. The molecule has 3 aromatic rings. The molecular weight excluding hydrogens is 376 g/mol. The maximum absolute atomic E-state index is 13.1. The molecule has 1 aliphatic heterocycles. The third-order valence-electron chi connectivity index (χ3n) is 5.28. The molecule has 2 N–H and O–H groups in total. The van der Waals surface area contributed by atoms with Crippen LogP contribution >= 0.6 is 11.6 Å². The van der Waals surface area contributed by atoms with E-state index in [0.29, 0.717) is 29.2 Å². The molecule has 1 aliphatic rings. The van der Waals surface area contributed by atoms with Crippen LogP contribution in [0.3, 0.4) is 0 Å². The lowest BCUT2D eigenvalue weighted by molar-refractivity contribution is 0.0745. The van der Waals surface area contributed by atoms with Crippen LogP contribution in [0.5, 0.6) is 0 Å². The standard InChI is InChI=1S/C21H21ClN4O2/c1-13-8-14(10-23-20(27)15-4-2-5-16(22)9-15)12-26(13)21(28)17-6-3-7-19-18(17)11-24-25-19/h2-7,9,11,13-14H,8,10,12H2,1H3,(H,23,27)(H,24,25). The SMILES string of the molecule is CC1CC(CNC(=O)c2cccc(Cl)c2)CN1C(=O)c1cccc2[nH]ncc12. The number of rotatable bonds is 4. The summed E-state index contributed by atoms with van der Waals surface area (Å²) in [4.78, 5) is 27.3. The van der Waals surface area contributed by atoms with Gasteiger partial charge in [0.15, 0.2) is 0 Å². The molecule has 1 saturated heterocycles. The first-order valence-corrected chi connectivity index (χ1v) is 9.67. The van der Waals surface area contributed by atoms with Crippen LogP contribution in [0.15, 0.2) is 48.7 Å². The highest BCUT2D eigenvalue weighted by atomic mass is 35.5. The van der Waals surface area contributed by atoms with Gasteiger partial charge in [-0.05, 0) is 49.6 Å². The predicted molar refractivity (Wildman–Crippen MR) is 108 cm³/mol. The van der Waals surface area contributed by atoms with E-state index >= 15 is 0 Å². The summed E-state index contributed by atoms with van der Waals surface area (Å²) >= 11 is 5.95. The Morgan fingerprint density at radius 3 is 2.93 bits per heavy atom. The summed E-state index contributed by atoms with van der Waals surface area (Å²) in [5, 5.41) is 11.3. The average molecular weight is 397 g/mol. The molecular formula is C21H21ClN4O2. The van der Waals surface area contributed by atoms with Gasteiger partial charge in [-0.1, -0.05) is 23.7 Å². The van der Waals surface area contributed by atoms with Crippen molar-refractivity contribution in [2.45, 2.75) is 19.4 Å². The first-order chi connectivity index (χ1) is 13.5. The van der Waals surface area contributed by atoms with E-state index in [1.165, 1.54) is 0 Å². The summed E-state index contributed by atoms with van der Waals surface area (Å²) < 4.78 is 0. The molecule has 0 bridgehead atoms. The van der Waals surface area contributed by atoms with Gasteiger partial charge in [-0.25, -0.2) is 0 Å². The largest absolute Gasteiger partial charge is 0.352 e. The van der Waals surface area contributed by atoms with Crippen molar-refractivity contribution in [3.63, 3.8) is 0 Å². The molecule has 0 spiro atoms. The van der Waals surface area contributed by atoms with Gasteiger partial charge in [0.25, 0.3) is 11.8 Å². The predicted octanol–water partition coefficient (Wildman–Crippen LogP) is 3.50. The normalized spacial score (nSPS) is 19.1. The number of nitrogens with zero attached hydrogens (tertiary/aromatic N) is 2. The van der Waals surface area contributed by atoms with Crippen molar-refractivity contribution < 1.29 is 9.59 Å². The minimum Gasteiger partial charge on any atom is -0.352 e. The summed E-state index contributed by atoms with van der Waals surface area (Å²) in [6.45, 7) is 3.19. The van der Waals surface area contributed by atoms with E-state index in [9.17, 15) is 9.59 Å². The highest BCUT2D eigenvalue weighted by Gasteiger charge is 2.33. The van der Waals surface area contributed by atoms with E-state index in [-0.39, 0.29) is 23.8 Å². The molecule has 4 rings (SSSR count). The minimum atomic E-state index is -0.150. The second kappa shape index (κ2) is 7.64. The number of nitrogens with one attached hydrogen (secondary N) is 2. The van der Waals surface area contributed by atoms with Crippen molar-refractivity contribution in [3.8, 4) is 0 Å². The van der Waals surface area contributed by atoms with Crippen molar-refractivity contribution in [2.75, 3.05) is 13.1 Å². The molecule has 1 fully saturated rings. The van der Waals surface area contributed by atoms with E-state index in [1.54, 1.807) is 30.5 Å². The monoisotopic (exact) mass is 396 g/mol. The van der Waals surface area contributed by atoms with Gasteiger partial charge in [0.05, 0.1) is 17.3 Å². The van der Waals surface area contributed by atoms with Crippen LogP contribution in [0.1, 0.15) is 34.1 Å². The van der Waals surface area contributed by atoms with Crippen LogP contribution in [0.2, 0.25) is 5.02 Å². The van der Waals surface area contributed by atoms with Gasteiger partial charge < -0.3 is 10.2 Å². The number of aromatic nitrogens is 2. The van der Waals surface area contributed by atoms with Gasteiger partial charge in [0, 0.05) is 35.1 Å². The molecule has 7 heteroatoms. The van der Waals surface area contributed by atoms with Gasteiger partial charge in [-0.3, -0.25) is 14.7 Å². The number of hydrogen-bond donors (Lipinski definition) is 2. The Morgan fingerprint density at radius 1 is 1.29 bits per heavy atom. The van der Waals surface area contributed by atoms with Gasteiger partial charge in [0.2, 0.25) is 0 Å². The Morgan fingerprint density at radius 2 is 2.11 bits per heavy atom.